The first kappa shape index (κ1) is 10.2. The summed E-state index contributed by atoms with van der Waals surface area (Å²) in [6.07, 6.45) is 4.36. The van der Waals surface area contributed by atoms with Crippen LogP contribution in [-0.2, 0) is 16.6 Å². The van der Waals surface area contributed by atoms with E-state index in [1.165, 1.54) is 0 Å². The molecule has 5 nitrogen and oxygen atoms in total. The van der Waals surface area contributed by atoms with Gasteiger partial charge in [-0.25, -0.2) is 0 Å². The molecule has 82 valence electrons. The molecule has 1 heterocycles. The maximum atomic E-state index is 11.6. The van der Waals surface area contributed by atoms with Crippen molar-refractivity contribution in [1.29, 1.82) is 0 Å². The monoisotopic (exact) mass is 209 g/mol. The van der Waals surface area contributed by atoms with Crippen molar-refractivity contribution in [3.8, 4) is 0 Å². The lowest BCUT2D eigenvalue weighted by molar-refractivity contribution is -0.118. The van der Waals surface area contributed by atoms with Crippen molar-refractivity contribution in [1.82, 2.24) is 9.78 Å². The van der Waals surface area contributed by atoms with Crippen molar-refractivity contribution >= 4 is 11.6 Å². The predicted molar refractivity (Wildman–Crippen MR) is 55.4 cm³/mol. The smallest absolute Gasteiger partial charge is 0.230 e. The molecule has 1 aliphatic rings. The van der Waals surface area contributed by atoms with Crippen LogP contribution in [0.5, 0.6) is 0 Å². The fourth-order valence-electron chi connectivity index (χ4n) is 1.57. The van der Waals surface area contributed by atoms with E-state index in [0.717, 1.165) is 12.1 Å². The van der Waals surface area contributed by atoms with Crippen LogP contribution in [0.25, 0.3) is 0 Å². The van der Waals surface area contributed by atoms with E-state index in [-0.39, 0.29) is 17.9 Å². The maximum absolute atomic E-state index is 11.6. The first-order chi connectivity index (χ1) is 7.20. The van der Waals surface area contributed by atoms with Gasteiger partial charge < -0.3 is 10.1 Å². The van der Waals surface area contributed by atoms with Crippen LogP contribution in [0.4, 0.5) is 5.69 Å². The van der Waals surface area contributed by atoms with Crippen LogP contribution >= 0.6 is 0 Å². The summed E-state index contributed by atoms with van der Waals surface area (Å²) in [5, 5.41) is 6.79. The summed E-state index contributed by atoms with van der Waals surface area (Å²) >= 11 is 0. The number of carbonyl (C=O) groups excluding carboxylic acids is 1. The number of rotatable bonds is 4. The molecule has 0 radical (unpaired) electrons. The third-order valence-corrected chi connectivity index (χ3v) is 2.42. The van der Waals surface area contributed by atoms with Gasteiger partial charge in [0.15, 0.2) is 0 Å². The molecule has 2 atom stereocenters. The van der Waals surface area contributed by atoms with Crippen LogP contribution in [0.3, 0.4) is 0 Å². The molecule has 2 unspecified atom stereocenters. The van der Waals surface area contributed by atoms with Crippen molar-refractivity contribution in [3.63, 3.8) is 0 Å². The molecule has 0 spiro atoms. The summed E-state index contributed by atoms with van der Waals surface area (Å²) in [5.74, 6) is 0.0478. The molecule has 0 aromatic carbocycles. The molecular weight excluding hydrogens is 194 g/mol. The molecule has 0 bridgehead atoms. The van der Waals surface area contributed by atoms with E-state index in [4.69, 9.17) is 4.74 Å². The zero-order valence-corrected chi connectivity index (χ0v) is 8.93. The predicted octanol–water partition coefficient (Wildman–Crippen LogP) is 0.784. The van der Waals surface area contributed by atoms with Crippen LogP contribution in [-0.4, -0.2) is 28.4 Å². The van der Waals surface area contributed by atoms with Gasteiger partial charge in [-0.2, -0.15) is 5.10 Å². The Hall–Kier alpha value is -1.36. The number of aryl methyl sites for hydroxylation is 1. The lowest BCUT2D eigenvalue weighted by atomic mass is 10.4. The summed E-state index contributed by atoms with van der Waals surface area (Å²) < 4.78 is 7.00. The van der Waals surface area contributed by atoms with Crippen LogP contribution in [0.15, 0.2) is 12.4 Å². The lowest BCUT2D eigenvalue weighted by Crippen LogP contribution is -2.16. The zero-order valence-electron chi connectivity index (χ0n) is 8.93. The van der Waals surface area contributed by atoms with E-state index >= 15 is 0 Å². The van der Waals surface area contributed by atoms with Gasteiger partial charge in [0.1, 0.15) is 0 Å². The fraction of sp³-hybridized carbons (Fsp3) is 0.600. The highest BCUT2D eigenvalue weighted by Gasteiger charge is 2.43. The number of aromatic nitrogens is 2. The van der Waals surface area contributed by atoms with Gasteiger partial charge in [-0.15, -0.1) is 0 Å². The number of hydrogen-bond acceptors (Lipinski definition) is 3. The molecular formula is C10H15N3O2. The molecule has 15 heavy (non-hydrogen) atoms. The highest BCUT2D eigenvalue weighted by atomic mass is 16.5. The maximum Gasteiger partial charge on any atom is 0.230 e. The van der Waals surface area contributed by atoms with E-state index in [1.54, 1.807) is 17.1 Å². The van der Waals surface area contributed by atoms with Gasteiger partial charge in [0.2, 0.25) is 5.91 Å². The Kier molecular flexibility index (Phi) is 2.73. The third kappa shape index (κ3) is 2.36. The van der Waals surface area contributed by atoms with E-state index < -0.39 is 0 Å². The Morgan fingerprint density at radius 3 is 3.20 bits per heavy atom. The van der Waals surface area contributed by atoms with Gasteiger partial charge in [-0.3, -0.25) is 9.48 Å². The standard InChI is InChI=1S/C10H15N3O2/c1-3-15-9-4-8(9)10(14)12-7-5-11-13(2)6-7/h5-6,8-9H,3-4H2,1-2H3,(H,12,14). The number of ether oxygens (including phenoxy) is 1. The first-order valence-electron chi connectivity index (χ1n) is 5.12. The quantitative estimate of drug-likeness (QED) is 0.797. The normalized spacial score (nSPS) is 23.9. The Morgan fingerprint density at radius 2 is 2.60 bits per heavy atom. The van der Waals surface area contributed by atoms with Crippen LogP contribution < -0.4 is 5.32 Å². The molecule has 0 aliphatic heterocycles. The second-order valence-electron chi connectivity index (χ2n) is 3.73. The van der Waals surface area contributed by atoms with Crippen LogP contribution in [0.1, 0.15) is 13.3 Å². The minimum absolute atomic E-state index is 0.0187. The Morgan fingerprint density at radius 1 is 1.80 bits per heavy atom. The molecule has 1 saturated carbocycles. The summed E-state index contributed by atoms with van der Waals surface area (Å²) in [7, 11) is 1.82. The van der Waals surface area contributed by atoms with E-state index in [2.05, 4.69) is 10.4 Å². The average Bonchev–Trinajstić information content (AvgIpc) is 2.84. The molecule has 1 aromatic heterocycles. The van der Waals surface area contributed by atoms with Crippen molar-refractivity contribution in [3.05, 3.63) is 12.4 Å². The van der Waals surface area contributed by atoms with Gasteiger partial charge in [-0.1, -0.05) is 0 Å². The largest absolute Gasteiger partial charge is 0.378 e. The number of hydrogen-bond donors (Lipinski definition) is 1. The number of nitrogens with one attached hydrogen (secondary N) is 1. The Bertz CT molecular complexity index is 361. The molecule has 2 rings (SSSR count). The first-order valence-corrected chi connectivity index (χ1v) is 5.12. The number of amides is 1. The Labute approximate surface area is 88.4 Å². The summed E-state index contributed by atoms with van der Waals surface area (Å²) in [5.41, 5.74) is 0.740. The molecule has 1 aliphatic carbocycles. The van der Waals surface area contributed by atoms with E-state index in [1.807, 2.05) is 14.0 Å². The molecule has 1 N–H and O–H groups in total. The summed E-state index contributed by atoms with van der Waals surface area (Å²) in [6.45, 7) is 2.61. The highest BCUT2D eigenvalue weighted by molar-refractivity contribution is 5.94. The summed E-state index contributed by atoms with van der Waals surface area (Å²) in [4.78, 5) is 11.6. The minimum Gasteiger partial charge on any atom is -0.378 e. The van der Waals surface area contributed by atoms with Crippen molar-refractivity contribution in [2.24, 2.45) is 13.0 Å². The number of carbonyl (C=O) groups is 1. The highest BCUT2D eigenvalue weighted by Crippen LogP contribution is 2.34. The molecule has 1 aromatic rings. The van der Waals surface area contributed by atoms with Crippen molar-refractivity contribution < 1.29 is 9.53 Å². The second-order valence-corrected chi connectivity index (χ2v) is 3.73. The van der Waals surface area contributed by atoms with E-state index in [9.17, 15) is 4.79 Å². The fourth-order valence-corrected chi connectivity index (χ4v) is 1.57. The molecule has 1 amide bonds. The SMILES string of the molecule is CCOC1CC1C(=O)Nc1cnn(C)c1. The van der Waals surface area contributed by atoms with Gasteiger partial charge in [0.25, 0.3) is 0 Å². The average molecular weight is 209 g/mol. The molecule has 5 heteroatoms. The van der Waals surface area contributed by atoms with Gasteiger partial charge >= 0.3 is 0 Å². The molecule has 1 fully saturated rings. The second kappa shape index (κ2) is 4.02. The lowest BCUT2D eigenvalue weighted by Gasteiger charge is -2.01. The summed E-state index contributed by atoms with van der Waals surface area (Å²) in [6, 6.07) is 0. The van der Waals surface area contributed by atoms with Crippen molar-refractivity contribution in [2.75, 3.05) is 11.9 Å². The molecule has 0 saturated heterocycles. The van der Waals surface area contributed by atoms with Crippen LogP contribution in [0, 0.1) is 5.92 Å². The number of nitrogens with zero attached hydrogens (tertiary/aromatic N) is 2. The zero-order chi connectivity index (χ0) is 10.8. The topological polar surface area (TPSA) is 56.1 Å². The van der Waals surface area contributed by atoms with Crippen molar-refractivity contribution in [2.45, 2.75) is 19.4 Å². The Balaban J connectivity index is 1.84. The van der Waals surface area contributed by atoms with Gasteiger partial charge in [0, 0.05) is 19.9 Å². The van der Waals surface area contributed by atoms with Crippen LogP contribution in [0.2, 0.25) is 0 Å². The van der Waals surface area contributed by atoms with Gasteiger partial charge in [-0.05, 0) is 13.3 Å². The number of anilines is 1. The van der Waals surface area contributed by atoms with E-state index in [0.29, 0.717) is 6.61 Å². The third-order valence-electron chi connectivity index (χ3n) is 2.42. The minimum atomic E-state index is 0.0187. The van der Waals surface area contributed by atoms with Gasteiger partial charge in [0.05, 0.1) is 23.9 Å².